The molecule has 2 rings (SSSR count). The highest BCUT2D eigenvalue weighted by atomic mass is 16.5. The van der Waals surface area contributed by atoms with Gasteiger partial charge in [-0.15, -0.1) is 0 Å². The summed E-state index contributed by atoms with van der Waals surface area (Å²) < 4.78 is 5.94. The third-order valence-electron chi connectivity index (χ3n) is 3.66. The summed E-state index contributed by atoms with van der Waals surface area (Å²) >= 11 is 0. The van der Waals surface area contributed by atoms with Gasteiger partial charge >= 0.3 is 0 Å². The molecule has 0 saturated heterocycles. The summed E-state index contributed by atoms with van der Waals surface area (Å²) in [4.78, 5) is 0. The standard InChI is InChI=1S/C16H23NO/c17-13-15-10-4-5-11-16(15)18-12-6-9-14-7-2-1-3-8-14/h1-3,6-9,15-16H,4-5,10-13,17H2. The normalized spacial score (nSPS) is 24.5. The van der Waals surface area contributed by atoms with Crippen LogP contribution in [0, 0.1) is 5.92 Å². The summed E-state index contributed by atoms with van der Waals surface area (Å²) in [5.41, 5.74) is 7.01. The van der Waals surface area contributed by atoms with Crippen molar-refractivity contribution in [1.29, 1.82) is 0 Å². The minimum atomic E-state index is 0.365. The van der Waals surface area contributed by atoms with Gasteiger partial charge in [0.1, 0.15) is 0 Å². The van der Waals surface area contributed by atoms with Crippen LogP contribution in [0.4, 0.5) is 0 Å². The van der Waals surface area contributed by atoms with Crippen LogP contribution in [0.15, 0.2) is 36.4 Å². The van der Waals surface area contributed by atoms with E-state index in [1.807, 2.05) is 18.2 Å². The molecule has 1 saturated carbocycles. The van der Waals surface area contributed by atoms with E-state index in [4.69, 9.17) is 10.5 Å². The van der Waals surface area contributed by atoms with Crippen molar-refractivity contribution in [3.05, 3.63) is 42.0 Å². The van der Waals surface area contributed by atoms with Crippen LogP contribution in [0.1, 0.15) is 31.2 Å². The van der Waals surface area contributed by atoms with Crippen molar-refractivity contribution in [1.82, 2.24) is 0 Å². The van der Waals surface area contributed by atoms with Gasteiger partial charge in [0.2, 0.25) is 0 Å². The smallest absolute Gasteiger partial charge is 0.0654 e. The first-order valence-electron chi connectivity index (χ1n) is 6.93. The Kier molecular flexibility index (Phi) is 5.43. The Balaban J connectivity index is 1.76. The zero-order chi connectivity index (χ0) is 12.6. The lowest BCUT2D eigenvalue weighted by Gasteiger charge is -2.30. The maximum Gasteiger partial charge on any atom is 0.0654 e. The summed E-state index contributed by atoms with van der Waals surface area (Å²) in [5.74, 6) is 0.559. The van der Waals surface area contributed by atoms with Gasteiger partial charge in [0.05, 0.1) is 12.7 Å². The monoisotopic (exact) mass is 245 g/mol. The first-order valence-corrected chi connectivity index (χ1v) is 6.93. The van der Waals surface area contributed by atoms with E-state index in [9.17, 15) is 0 Å². The minimum Gasteiger partial charge on any atom is -0.374 e. The molecule has 0 radical (unpaired) electrons. The Bertz CT molecular complexity index is 361. The molecule has 0 bridgehead atoms. The Morgan fingerprint density at radius 3 is 2.72 bits per heavy atom. The first kappa shape index (κ1) is 13.3. The molecule has 2 nitrogen and oxygen atoms in total. The second kappa shape index (κ2) is 7.34. The highest BCUT2D eigenvalue weighted by Crippen LogP contribution is 2.25. The minimum absolute atomic E-state index is 0.365. The molecular weight excluding hydrogens is 222 g/mol. The molecule has 0 aromatic heterocycles. The summed E-state index contributed by atoms with van der Waals surface area (Å²) in [6.45, 7) is 1.45. The average molecular weight is 245 g/mol. The second-order valence-corrected chi connectivity index (χ2v) is 4.97. The van der Waals surface area contributed by atoms with Crippen LogP contribution in [-0.2, 0) is 4.74 Å². The second-order valence-electron chi connectivity index (χ2n) is 4.97. The highest BCUT2D eigenvalue weighted by molar-refractivity contribution is 5.48. The quantitative estimate of drug-likeness (QED) is 0.864. The maximum absolute atomic E-state index is 5.94. The molecule has 0 amide bonds. The summed E-state index contributed by atoms with van der Waals surface area (Å²) in [6, 6.07) is 10.3. The molecule has 2 atom stereocenters. The van der Waals surface area contributed by atoms with Crippen LogP contribution < -0.4 is 5.73 Å². The third-order valence-corrected chi connectivity index (χ3v) is 3.66. The van der Waals surface area contributed by atoms with E-state index in [1.165, 1.54) is 31.2 Å². The van der Waals surface area contributed by atoms with E-state index in [-0.39, 0.29) is 0 Å². The van der Waals surface area contributed by atoms with E-state index in [0.29, 0.717) is 18.6 Å². The number of benzene rings is 1. The van der Waals surface area contributed by atoms with Gasteiger partial charge in [0, 0.05) is 0 Å². The lowest BCUT2D eigenvalue weighted by Crippen LogP contribution is -2.33. The summed E-state index contributed by atoms with van der Waals surface area (Å²) in [5, 5.41) is 0. The lowest BCUT2D eigenvalue weighted by molar-refractivity contribution is 0.00720. The van der Waals surface area contributed by atoms with Gasteiger partial charge in [-0.3, -0.25) is 0 Å². The van der Waals surface area contributed by atoms with Crippen molar-refractivity contribution < 1.29 is 4.74 Å². The van der Waals surface area contributed by atoms with E-state index in [1.54, 1.807) is 0 Å². The Morgan fingerprint density at radius 2 is 1.94 bits per heavy atom. The third kappa shape index (κ3) is 3.97. The Hall–Kier alpha value is -1.12. The summed E-state index contributed by atoms with van der Waals surface area (Å²) in [7, 11) is 0. The molecule has 0 aliphatic heterocycles. The number of nitrogens with two attached hydrogens (primary N) is 1. The Morgan fingerprint density at radius 1 is 1.17 bits per heavy atom. The maximum atomic E-state index is 5.94. The molecular formula is C16H23NO. The highest BCUT2D eigenvalue weighted by Gasteiger charge is 2.23. The average Bonchev–Trinajstić information content (AvgIpc) is 2.45. The molecule has 1 aliphatic rings. The van der Waals surface area contributed by atoms with Crippen molar-refractivity contribution in [2.75, 3.05) is 13.2 Å². The van der Waals surface area contributed by atoms with Gasteiger partial charge in [-0.25, -0.2) is 0 Å². The van der Waals surface area contributed by atoms with Crippen molar-refractivity contribution in [3.8, 4) is 0 Å². The van der Waals surface area contributed by atoms with Gasteiger partial charge in [-0.1, -0.05) is 55.3 Å². The number of rotatable bonds is 5. The molecule has 1 aromatic carbocycles. The van der Waals surface area contributed by atoms with E-state index in [0.717, 1.165) is 6.54 Å². The molecule has 0 heterocycles. The zero-order valence-electron chi connectivity index (χ0n) is 10.9. The van der Waals surface area contributed by atoms with Crippen LogP contribution in [0.3, 0.4) is 0 Å². The van der Waals surface area contributed by atoms with Crippen LogP contribution in [0.5, 0.6) is 0 Å². The predicted molar refractivity (Wildman–Crippen MR) is 76.2 cm³/mol. The molecule has 1 aromatic rings. The van der Waals surface area contributed by atoms with Gasteiger partial charge in [0.25, 0.3) is 0 Å². The van der Waals surface area contributed by atoms with Crippen LogP contribution in [0.25, 0.3) is 6.08 Å². The molecule has 2 unspecified atom stereocenters. The fourth-order valence-electron chi connectivity index (χ4n) is 2.59. The molecule has 18 heavy (non-hydrogen) atoms. The molecule has 1 fully saturated rings. The molecule has 2 heteroatoms. The van der Waals surface area contributed by atoms with Crippen LogP contribution >= 0.6 is 0 Å². The molecule has 98 valence electrons. The van der Waals surface area contributed by atoms with Gasteiger partial charge in [0.15, 0.2) is 0 Å². The van der Waals surface area contributed by atoms with E-state index < -0.39 is 0 Å². The zero-order valence-corrected chi connectivity index (χ0v) is 10.9. The fourth-order valence-corrected chi connectivity index (χ4v) is 2.59. The Labute approximate surface area is 110 Å². The van der Waals surface area contributed by atoms with Crippen molar-refractivity contribution in [3.63, 3.8) is 0 Å². The number of hydrogen-bond donors (Lipinski definition) is 1. The largest absolute Gasteiger partial charge is 0.374 e. The van der Waals surface area contributed by atoms with Crippen molar-refractivity contribution in [2.24, 2.45) is 11.7 Å². The van der Waals surface area contributed by atoms with Gasteiger partial charge in [-0.05, 0) is 30.9 Å². The summed E-state index contributed by atoms with van der Waals surface area (Å²) in [6.07, 6.45) is 9.55. The number of hydrogen-bond acceptors (Lipinski definition) is 2. The van der Waals surface area contributed by atoms with E-state index in [2.05, 4.69) is 24.3 Å². The molecule has 0 spiro atoms. The van der Waals surface area contributed by atoms with Crippen molar-refractivity contribution in [2.45, 2.75) is 31.8 Å². The van der Waals surface area contributed by atoms with E-state index >= 15 is 0 Å². The van der Waals surface area contributed by atoms with Crippen LogP contribution in [-0.4, -0.2) is 19.3 Å². The molecule has 2 N–H and O–H groups in total. The predicted octanol–water partition coefficient (Wildman–Crippen LogP) is 3.23. The fraction of sp³-hybridized carbons (Fsp3) is 0.500. The van der Waals surface area contributed by atoms with Crippen LogP contribution in [0.2, 0.25) is 0 Å². The van der Waals surface area contributed by atoms with Gasteiger partial charge in [-0.2, -0.15) is 0 Å². The first-order chi connectivity index (χ1) is 8.90. The van der Waals surface area contributed by atoms with Crippen molar-refractivity contribution >= 4 is 6.08 Å². The topological polar surface area (TPSA) is 35.2 Å². The van der Waals surface area contributed by atoms with Gasteiger partial charge < -0.3 is 10.5 Å². The SMILES string of the molecule is NCC1CCCCC1OCC=Cc1ccccc1. The lowest BCUT2D eigenvalue weighted by atomic mass is 9.86. The number of ether oxygens (including phenoxy) is 1. The molecule has 1 aliphatic carbocycles.